The lowest BCUT2D eigenvalue weighted by atomic mass is 9.92. The van der Waals surface area contributed by atoms with E-state index in [-0.39, 0.29) is 0 Å². The first-order valence-electron chi connectivity index (χ1n) is 5.89. The van der Waals surface area contributed by atoms with Crippen LogP contribution in [-0.2, 0) is 0 Å². The van der Waals surface area contributed by atoms with Crippen LogP contribution in [0.2, 0.25) is 0 Å². The predicted molar refractivity (Wildman–Crippen MR) is 63.2 cm³/mol. The van der Waals surface area contributed by atoms with Crippen LogP contribution in [0.5, 0.6) is 0 Å². The molecule has 0 aromatic heterocycles. The van der Waals surface area contributed by atoms with Crippen LogP contribution in [0.15, 0.2) is 24.3 Å². The second kappa shape index (κ2) is 6.83. The number of rotatable bonds is 6. The summed E-state index contributed by atoms with van der Waals surface area (Å²) < 4.78 is 0. The molecule has 0 aromatic carbocycles. The van der Waals surface area contributed by atoms with Crippen LogP contribution in [0.25, 0.3) is 0 Å². The van der Waals surface area contributed by atoms with Crippen molar-refractivity contribution in [3.05, 3.63) is 24.3 Å². The third-order valence-electron chi connectivity index (χ3n) is 2.89. The van der Waals surface area contributed by atoms with Crippen molar-refractivity contribution < 1.29 is 0 Å². The van der Waals surface area contributed by atoms with Gasteiger partial charge in [-0.3, -0.25) is 0 Å². The van der Waals surface area contributed by atoms with Gasteiger partial charge in [-0.1, -0.05) is 24.1 Å². The molecule has 1 nitrogen and oxygen atoms in total. The van der Waals surface area contributed by atoms with Crippen LogP contribution >= 0.6 is 0 Å². The summed E-state index contributed by atoms with van der Waals surface area (Å²) in [7, 11) is 0. The average molecular weight is 193 g/mol. The highest BCUT2D eigenvalue weighted by molar-refractivity contribution is 5.09. The molecule has 0 radical (unpaired) electrons. The van der Waals surface area contributed by atoms with Crippen LogP contribution in [0, 0.1) is 0 Å². The molecule has 0 fully saturated rings. The number of hydrogen-bond acceptors (Lipinski definition) is 1. The molecule has 0 bridgehead atoms. The molecule has 80 valence electrons. The maximum atomic E-state index is 5.89. The van der Waals surface area contributed by atoms with Gasteiger partial charge in [0.25, 0.3) is 0 Å². The van der Waals surface area contributed by atoms with Crippen LogP contribution < -0.4 is 5.73 Å². The normalized spacial score (nSPS) is 21.8. The third kappa shape index (κ3) is 4.61. The summed E-state index contributed by atoms with van der Waals surface area (Å²) in [4.78, 5) is 0. The summed E-state index contributed by atoms with van der Waals surface area (Å²) in [6, 6.07) is 0.340. The smallest absolute Gasteiger partial charge is 0.0226 e. The van der Waals surface area contributed by atoms with Gasteiger partial charge in [0.2, 0.25) is 0 Å². The van der Waals surface area contributed by atoms with E-state index >= 15 is 0 Å². The Labute approximate surface area is 88.1 Å². The molecule has 1 aliphatic rings. The minimum absolute atomic E-state index is 0.340. The quantitative estimate of drug-likeness (QED) is 0.506. The predicted octanol–water partition coefficient (Wildman–Crippen LogP) is 3.56. The van der Waals surface area contributed by atoms with Crippen molar-refractivity contribution in [3.8, 4) is 0 Å². The van der Waals surface area contributed by atoms with E-state index in [2.05, 4.69) is 12.7 Å². The summed E-state index contributed by atoms with van der Waals surface area (Å²) in [6.45, 7) is 3.73. The molecule has 1 aliphatic carbocycles. The molecule has 0 spiro atoms. The lowest BCUT2D eigenvalue weighted by Crippen LogP contribution is -2.20. The van der Waals surface area contributed by atoms with E-state index in [0.29, 0.717) is 6.04 Å². The zero-order valence-corrected chi connectivity index (χ0v) is 9.17. The van der Waals surface area contributed by atoms with Gasteiger partial charge in [-0.25, -0.2) is 0 Å². The van der Waals surface area contributed by atoms with Crippen molar-refractivity contribution in [1.82, 2.24) is 0 Å². The standard InChI is InChI=1S/C13H23N/c1-2-3-4-5-6-8-12-9-7-10-13(14)11-12/h2,11,13H,1,3-10,14H2. The molecule has 1 atom stereocenters. The minimum Gasteiger partial charge on any atom is -0.324 e. The van der Waals surface area contributed by atoms with Gasteiger partial charge >= 0.3 is 0 Å². The Balaban J connectivity index is 2.08. The number of allylic oxidation sites excluding steroid dienone is 2. The van der Waals surface area contributed by atoms with Crippen LogP contribution in [0.3, 0.4) is 0 Å². The lowest BCUT2D eigenvalue weighted by Gasteiger charge is -2.17. The van der Waals surface area contributed by atoms with E-state index in [9.17, 15) is 0 Å². The fourth-order valence-corrected chi connectivity index (χ4v) is 2.06. The highest BCUT2D eigenvalue weighted by Gasteiger charge is 2.08. The molecule has 2 N–H and O–H groups in total. The van der Waals surface area contributed by atoms with Gasteiger partial charge in [0.1, 0.15) is 0 Å². The summed E-state index contributed by atoms with van der Waals surface area (Å²) in [5, 5.41) is 0. The summed E-state index contributed by atoms with van der Waals surface area (Å²) in [5.74, 6) is 0. The van der Waals surface area contributed by atoms with E-state index in [1.165, 1.54) is 51.4 Å². The van der Waals surface area contributed by atoms with E-state index in [0.717, 1.165) is 0 Å². The Bertz CT molecular complexity index is 193. The maximum Gasteiger partial charge on any atom is 0.0226 e. The van der Waals surface area contributed by atoms with E-state index in [1.54, 1.807) is 5.57 Å². The Morgan fingerprint density at radius 1 is 1.43 bits per heavy atom. The van der Waals surface area contributed by atoms with Gasteiger partial charge in [-0.15, -0.1) is 6.58 Å². The topological polar surface area (TPSA) is 26.0 Å². The molecule has 0 aromatic rings. The minimum atomic E-state index is 0.340. The zero-order chi connectivity index (χ0) is 10.2. The summed E-state index contributed by atoms with van der Waals surface area (Å²) >= 11 is 0. The first-order chi connectivity index (χ1) is 6.83. The Morgan fingerprint density at radius 2 is 2.29 bits per heavy atom. The van der Waals surface area contributed by atoms with Gasteiger partial charge in [-0.05, 0) is 44.9 Å². The molecule has 1 rings (SSSR count). The highest BCUT2D eigenvalue weighted by atomic mass is 14.6. The first-order valence-corrected chi connectivity index (χ1v) is 5.89. The van der Waals surface area contributed by atoms with E-state index < -0.39 is 0 Å². The maximum absolute atomic E-state index is 5.89. The SMILES string of the molecule is C=CCCCCCC1=CC(N)CCC1. The second-order valence-electron chi connectivity index (χ2n) is 4.27. The zero-order valence-electron chi connectivity index (χ0n) is 9.17. The van der Waals surface area contributed by atoms with Gasteiger partial charge < -0.3 is 5.73 Å². The van der Waals surface area contributed by atoms with E-state index in [4.69, 9.17) is 5.73 Å². The molecule has 1 unspecified atom stereocenters. The fraction of sp³-hybridized carbons (Fsp3) is 0.692. The Morgan fingerprint density at radius 3 is 3.00 bits per heavy atom. The number of unbranched alkanes of at least 4 members (excludes halogenated alkanes) is 3. The molecule has 0 saturated heterocycles. The first kappa shape index (κ1) is 11.5. The lowest BCUT2D eigenvalue weighted by molar-refractivity contribution is 0.591. The number of hydrogen-bond donors (Lipinski definition) is 1. The molecular weight excluding hydrogens is 170 g/mol. The summed E-state index contributed by atoms with van der Waals surface area (Å²) in [6.07, 6.45) is 14.4. The Hall–Kier alpha value is -0.560. The van der Waals surface area contributed by atoms with Crippen molar-refractivity contribution in [2.45, 2.75) is 57.4 Å². The van der Waals surface area contributed by atoms with Crippen molar-refractivity contribution in [2.24, 2.45) is 5.73 Å². The van der Waals surface area contributed by atoms with E-state index in [1.807, 2.05) is 6.08 Å². The van der Waals surface area contributed by atoms with Crippen molar-refractivity contribution in [3.63, 3.8) is 0 Å². The van der Waals surface area contributed by atoms with Crippen molar-refractivity contribution in [1.29, 1.82) is 0 Å². The monoisotopic (exact) mass is 193 g/mol. The fourth-order valence-electron chi connectivity index (χ4n) is 2.06. The molecule has 1 heteroatoms. The van der Waals surface area contributed by atoms with Crippen molar-refractivity contribution in [2.75, 3.05) is 0 Å². The highest BCUT2D eigenvalue weighted by Crippen LogP contribution is 2.21. The van der Waals surface area contributed by atoms with Gasteiger partial charge in [0.15, 0.2) is 0 Å². The summed E-state index contributed by atoms with van der Waals surface area (Å²) in [5.41, 5.74) is 7.49. The Kier molecular flexibility index (Phi) is 5.62. The number of nitrogens with two attached hydrogens (primary N) is 1. The van der Waals surface area contributed by atoms with Gasteiger partial charge in [-0.2, -0.15) is 0 Å². The van der Waals surface area contributed by atoms with Crippen LogP contribution in [0.4, 0.5) is 0 Å². The average Bonchev–Trinajstić information content (AvgIpc) is 2.18. The van der Waals surface area contributed by atoms with Crippen LogP contribution in [-0.4, -0.2) is 6.04 Å². The molecule has 0 heterocycles. The molecule has 0 amide bonds. The molecule has 0 aliphatic heterocycles. The third-order valence-corrected chi connectivity index (χ3v) is 2.89. The molecule has 0 saturated carbocycles. The second-order valence-corrected chi connectivity index (χ2v) is 4.27. The van der Waals surface area contributed by atoms with Crippen molar-refractivity contribution >= 4 is 0 Å². The largest absolute Gasteiger partial charge is 0.324 e. The molecule has 14 heavy (non-hydrogen) atoms. The van der Waals surface area contributed by atoms with Gasteiger partial charge in [0, 0.05) is 6.04 Å². The van der Waals surface area contributed by atoms with Gasteiger partial charge in [0.05, 0.1) is 0 Å². The molecular formula is C13H23N. The van der Waals surface area contributed by atoms with Crippen LogP contribution in [0.1, 0.15) is 51.4 Å².